The summed E-state index contributed by atoms with van der Waals surface area (Å²) in [4.78, 5) is 0. The number of para-hydroxylation sites is 1. The Kier molecular flexibility index (Phi) is 4.37. The highest BCUT2D eigenvalue weighted by atomic mass is 79.9. The molecule has 3 rings (SSSR count). The Morgan fingerprint density at radius 3 is 2.00 bits per heavy atom. The van der Waals surface area contributed by atoms with E-state index in [1.165, 1.54) is 16.7 Å². The fraction of sp³-hybridized carbons (Fsp3) is 0.0526. The van der Waals surface area contributed by atoms with Gasteiger partial charge in [0.25, 0.3) is 0 Å². The van der Waals surface area contributed by atoms with Gasteiger partial charge in [-0.05, 0) is 44.8 Å². The third-order valence-corrected chi connectivity index (χ3v) is 4.11. The average Bonchev–Trinajstić information content (AvgIpc) is 2.55. The summed E-state index contributed by atoms with van der Waals surface area (Å²) < 4.78 is 1.09. The molecule has 0 bridgehead atoms. The molecule has 1 N–H and O–H groups in total. The molecule has 3 aromatic carbocycles. The average molecular weight is 338 g/mol. The molecule has 104 valence electrons. The molecule has 0 spiro atoms. The van der Waals surface area contributed by atoms with Crippen molar-refractivity contribution in [3.8, 4) is 11.1 Å². The van der Waals surface area contributed by atoms with Crippen molar-refractivity contribution in [2.24, 2.45) is 0 Å². The van der Waals surface area contributed by atoms with Crippen LogP contribution in [0.25, 0.3) is 11.1 Å². The van der Waals surface area contributed by atoms with Crippen LogP contribution in [0.5, 0.6) is 0 Å². The quantitative estimate of drug-likeness (QED) is 0.641. The summed E-state index contributed by atoms with van der Waals surface area (Å²) in [7, 11) is 0. The minimum absolute atomic E-state index is 0.817. The lowest BCUT2D eigenvalue weighted by Gasteiger charge is -2.09. The molecule has 0 aromatic heterocycles. The lowest BCUT2D eigenvalue weighted by Crippen LogP contribution is -1.99. The first-order valence-corrected chi connectivity index (χ1v) is 7.75. The molecule has 0 radical (unpaired) electrons. The van der Waals surface area contributed by atoms with Crippen molar-refractivity contribution in [2.45, 2.75) is 6.54 Å². The third-order valence-electron chi connectivity index (χ3n) is 3.42. The van der Waals surface area contributed by atoms with Gasteiger partial charge in [-0.25, -0.2) is 0 Å². The SMILES string of the molecule is Brc1ccccc1NCc1ccc(-c2ccccc2)cc1. The number of hydrogen-bond acceptors (Lipinski definition) is 1. The molecule has 0 heterocycles. The summed E-state index contributed by atoms with van der Waals surface area (Å²) >= 11 is 3.55. The zero-order valence-corrected chi connectivity index (χ0v) is 13.2. The van der Waals surface area contributed by atoms with E-state index in [4.69, 9.17) is 0 Å². The summed E-state index contributed by atoms with van der Waals surface area (Å²) in [5.74, 6) is 0. The molecule has 0 unspecified atom stereocenters. The lowest BCUT2D eigenvalue weighted by molar-refractivity contribution is 1.15. The van der Waals surface area contributed by atoms with Crippen LogP contribution in [0, 0.1) is 0 Å². The number of nitrogens with one attached hydrogen (secondary N) is 1. The van der Waals surface area contributed by atoms with Crippen LogP contribution < -0.4 is 5.32 Å². The van der Waals surface area contributed by atoms with E-state index in [1.807, 2.05) is 24.3 Å². The van der Waals surface area contributed by atoms with Gasteiger partial charge in [0.2, 0.25) is 0 Å². The van der Waals surface area contributed by atoms with Crippen LogP contribution in [0.15, 0.2) is 83.3 Å². The maximum atomic E-state index is 3.55. The molecule has 0 saturated heterocycles. The minimum Gasteiger partial charge on any atom is -0.380 e. The number of halogens is 1. The Morgan fingerprint density at radius 1 is 0.667 bits per heavy atom. The molecule has 0 aliphatic heterocycles. The van der Waals surface area contributed by atoms with Crippen LogP contribution in [-0.2, 0) is 6.54 Å². The van der Waals surface area contributed by atoms with E-state index >= 15 is 0 Å². The van der Waals surface area contributed by atoms with Crippen LogP contribution in [0.4, 0.5) is 5.69 Å². The maximum absolute atomic E-state index is 3.55. The van der Waals surface area contributed by atoms with E-state index in [0.717, 1.165) is 16.7 Å². The molecule has 0 aliphatic carbocycles. The minimum atomic E-state index is 0.817. The van der Waals surface area contributed by atoms with Gasteiger partial charge in [0.15, 0.2) is 0 Å². The van der Waals surface area contributed by atoms with E-state index in [-0.39, 0.29) is 0 Å². The Labute approximate surface area is 133 Å². The van der Waals surface area contributed by atoms with Crippen molar-refractivity contribution in [3.63, 3.8) is 0 Å². The van der Waals surface area contributed by atoms with Gasteiger partial charge in [0, 0.05) is 16.7 Å². The molecular formula is C19H16BrN. The molecule has 0 saturated carbocycles. The van der Waals surface area contributed by atoms with Gasteiger partial charge in [0.1, 0.15) is 0 Å². The topological polar surface area (TPSA) is 12.0 Å². The molecule has 0 fully saturated rings. The van der Waals surface area contributed by atoms with Crippen molar-refractivity contribution in [1.82, 2.24) is 0 Å². The Hall–Kier alpha value is -2.06. The highest BCUT2D eigenvalue weighted by Gasteiger charge is 2.00. The monoisotopic (exact) mass is 337 g/mol. The lowest BCUT2D eigenvalue weighted by atomic mass is 10.0. The van der Waals surface area contributed by atoms with Crippen LogP contribution in [0.3, 0.4) is 0 Å². The van der Waals surface area contributed by atoms with Gasteiger partial charge in [-0.2, -0.15) is 0 Å². The second-order valence-corrected chi connectivity index (χ2v) is 5.75. The van der Waals surface area contributed by atoms with Crippen molar-refractivity contribution in [1.29, 1.82) is 0 Å². The van der Waals surface area contributed by atoms with Crippen molar-refractivity contribution in [3.05, 3.63) is 88.9 Å². The summed E-state index contributed by atoms with van der Waals surface area (Å²) in [6.07, 6.45) is 0. The summed E-state index contributed by atoms with van der Waals surface area (Å²) in [6.45, 7) is 0.817. The molecule has 0 aliphatic rings. The van der Waals surface area contributed by atoms with Gasteiger partial charge < -0.3 is 5.32 Å². The second-order valence-electron chi connectivity index (χ2n) is 4.90. The number of hydrogen-bond donors (Lipinski definition) is 1. The molecule has 3 aromatic rings. The fourth-order valence-corrected chi connectivity index (χ4v) is 2.67. The predicted molar refractivity (Wildman–Crippen MR) is 93.3 cm³/mol. The smallest absolute Gasteiger partial charge is 0.0487 e. The normalized spacial score (nSPS) is 10.3. The second kappa shape index (κ2) is 6.59. The first-order chi connectivity index (χ1) is 10.3. The van der Waals surface area contributed by atoms with Gasteiger partial charge in [0.05, 0.1) is 0 Å². The van der Waals surface area contributed by atoms with E-state index < -0.39 is 0 Å². The van der Waals surface area contributed by atoms with Crippen LogP contribution in [0.1, 0.15) is 5.56 Å². The summed E-state index contributed by atoms with van der Waals surface area (Å²) in [6, 6.07) is 27.3. The summed E-state index contributed by atoms with van der Waals surface area (Å²) in [5, 5.41) is 3.44. The predicted octanol–water partition coefficient (Wildman–Crippen LogP) is 5.73. The Morgan fingerprint density at radius 2 is 1.29 bits per heavy atom. The maximum Gasteiger partial charge on any atom is 0.0487 e. The van der Waals surface area contributed by atoms with E-state index in [0.29, 0.717) is 0 Å². The molecular weight excluding hydrogens is 322 g/mol. The third kappa shape index (κ3) is 3.53. The van der Waals surface area contributed by atoms with Crippen LogP contribution in [0.2, 0.25) is 0 Å². The molecule has 0 atom stereocenters. The number of anilines is 1. The first kappa shape index (κ1) is 13.9. The fourth-order valence-electron chi connectivity index (χ4n) is 2.25. The van der Waals surface area contributed by atoms with Crippen molar-refractivity contribution < 1.29 is 0 Å². The van der Waals surface area contributed by atoms with Gasteiger partial charge >= 0.3 is 0 Å². The van der Waals surface area contributed by atoms with Gasteiger partial charge in [-0.3, -0.25) is 0 Å². The Balaban J connectivity index is 1.69. The zero-order chi connectivity index (χ0) is 14.5. The van der Waals surface area contributed by atoms with Crippen molar-refractivity contribution >= 4 is 21.6 Å². The van der Waals surface area contributed by atoms with E-state index in [9.17, 15) is 0 Å². The van der Waals surface area contributed by atoms with E-state index in [2.05, 4.69) is 75.8 Å². The zero-order valence-electron chi connectivity index (χ0n) is 11.6. The van der Waals surface area contributed by atoms with Crippen LogP contribution >= 0.6 is 15.9 Å². The number of rotatable bonds is 4. The van der Waals surface area contributed by atoms with Crippen molar-refractivity contribution in [2.75, 3.05) is 5.32 Å². The molecule has 21 heavy (non-hydrogen) atoms. The highest BCUT2D eigenvalue weighted by molar-refractivity contribution is 9.10. The first-order valence-electron chi connectivity index (χ1n) is 6.96. The molecule has 1 nitrogen and oxygen atoms in total. The largest absolute Gasteiger partial charge is 0.380 e. The van der Waals surface area contributed by atoms with Gasteiger partial charge in [-0.1, -0.05) is 66.7 Å². The summed E-state index contributed by atoms with van der Waals surface area (Å²) in [5.41, 5.74) is 4.89. The number of benzene rings is 3. The standard InChI is InChI=1S/C19H16BrN/c20-18-8-4-5-9-19(18)21-14-15-10-12-17(13-11-15)16-6-2-1-3-7-16/h1-13,21H,14H2. The van der Waals surface area contributed by atoms with Gasteiger partial charge in [-0.15, -0.1) is 0 Å². The molecule has 0 amide bonds. The molecule has 2 heteroatoms. The van der Waals surface area contributed by atoms with E-state index in [1.54, 1.807) is 0 Å². The highest BCUT2D eigenvalue weighted by Crippen LogP contribution is 2.23. The Bertz CT molecular complexity index is 705. The van der Waals surface area contributed by atoms with Crippen LogP contribution in [-0.4, -0.2) is 0 Å².